The average Bonchev–Trinajstić information content (AvgIpc) is 3.07. The first-order valence-electron chi connectivity index (χ1n) is 10.7. The Hall–Kier alpha value is -3.86. The zero-order valence-electron chi connectivity index (χ0n) is 18.8. The lowest BCUT2D eigenvalue weighted by atomic mass is 10.1. The Labute approximate surface area is 189 Å². The molecule has 0 aliphatic carbocycles. The highest BCUT2D eigenvalue weighted by Gasteiger charge is 2.34. The number of nitrogens with zero attached hydrogens (tertiary/aromatic N) is 2. The van der Waals surface area contributed by atoms with Gasteiger partial charge in [-0.05, 0) is 74.7 Å². The Balaban J connectivity index is 1.57. The summed E-state index contributed by atoms with van der Waals surface area (Å²) in [5.74, 6) is 0.0944. The van der Waals surface area contributed by atoms with Gasteiger partial charge in [-0.3, -0.25) is 9.69 Å². The highest BCUT2D eigenvalue weighted by Crippen LogP contribution is 2.29. The van der Waals surface area contributed by atoms with Crippen LogP contribution in [0.25, 0.3) is 6.08 Å². The van der Waals surface area contributed by atoms with E-state index in [0.717, 1.165) is 33.8 Å². The van der Waals surface area contributed by atoms with Gasteiger partial charge < -0.3 is 10.1 Å². The lowest BCUT2D eigenvalue weighted by Crippen LogP contribution is -2.29. The van der Waals surface area contributed by atoms with Crippen LogP contribution in [0.2, 0.25) is 0 Å². The van der Waals surface area contributed by atoms with Crippen molar-refractivity contribution in [3.8, 4) is 0 Å². The fourth-order valence-corrected chi connectivity index (χ4v) is 3.82. The third kappa shape index (κ3) is 4.57. The molecule has 1 aliphatic rings. The maximum atomic E-state index is 12.9. The lowest BCUT2D eigenvalue weighted by Gasteiger charge is -2.12. The number of benzene rings is 3. The Morgan fingerprint density at radius 1 is 0.938 bits per heavy atom. The van der Waals surface area contributed by atoms with Crippen molar-refractivity contribution in [2.75, 3.05) is 11.9 Å². The maximum Gasteiger partial charge on any atom is 0.305 e. The highest BCUT2D eigenvalue weighted by atomic mass is 16.5. The van der Waals surface area contributed by atoms with E-state index in [1.807, 2.05) is 75.4 Å². The molecule has 0 bridgehead atoms. The van der Waals surface area contributed by atoms with Crippen molar-refractivity contribution in [3.05, 3.63) is 94.7 Å². The number of carbonyl (C=O) groups is 1. The summed E-state index contributed by atoms with van der Waals surface area (Å²) in [5, 5.41) is 3.35. The molecule has 162 valence electrons. The molecule has 32 heavy (non-hydrogen) atoms. The van der Waals surface area contributed by atoms with E-state index in [1.54, 1.807) is 11.0 Å². The van der Waals surface area contributed by atoms with Gasteiger partial charge in [-0.2, -0.15) is 4.99 Å². The maximum absolute atomic E-state index is 12.9. The van der Waals surface area contributed by atoms with E-state index < -0.39 is 0 Å². The molecule has 0 saturated carbocycles. The number of carbonyl (C=O) groups excluding carboxylic acids is 1. The minimum atomic E-state index is -0.180. The van der Waals surface area contributed by atoms with Gasteiger partial charge in [-0.15, -0.1) is 0 Å². The lowest BCUT2D eigenvalue weighted by molar-refractivity contribution is -0.122. The van der Waals surface area contributed by atoms with E-state index in [9.17, 15) is 4.79 Å². The summed E-state index contributed by atoms with van der Waals surface area (Å²) in [5.41, 5.74) is 7.02. The third-order valence-corrected chi connectivity index (χ3v) is 5.32. The first-order valence-corrected chi connectivity index (χ1v) is 10.7. The zero-order valence-corrected chi connectivity index (χ0v) is 18.8. The third-order valence-electron chi connectivity index (χ3n) is 5.32. The SMILES string of the molecule is CCN1C(=O)/C(=C\c2ccc(Nc3ccccc3)cc2)O/C1=N/c1c(C)cc(C)cc1C. The molecule has 1 amide bonds. The van der Waals surface area contributed by atoms with Crippen molar-refractivity contribution < 1.29 is 9.53 Å². The molecule has 4 rings (SSSR count). The number of aryl methyl sites for hydroxylation is 3. The standard InChI is InChI=1S/C27H27N3O2/c1-5-30-26(31)24(32-27(30)29-25-19(3)15-18(2)16-20(25)4)17-21-11-13-23(14-12-21)28-22-9-7-6-8-10-22/h6-17,28H,5H2,1-4H3/b24-17+,29-27+. The van der Waals surface area contributed by atoms with Crippen LogP contribution in [0.5, 0.6) is 0 Å². The first kappa shape index (κ1) is 21.4. The van der Waals surface area contributed by atoms with Crippen LogP contribution in [0.15, 0.2) is 77.5 Å². The Bertz CT molecular complexity index is 1170. The molecule has 1 fully saturated rings. The largest absolute Gasteiger partial charge is 0.419 e. The number of hydrogen-bond donors (Lipinski definition) is 1. The molecular weight excluding hydrogens is 398 g/mol. The van der Waals surface area contributed by atoms with Gasteiger partial charge in [0, 0.05) is 17.9 Å². The van der Waals surface area contributed by atoms with Crippen LogP contribution in [0.4, 0.5) is 17.1 Å². The van der Waals surface area contributed by atoms with Gasteiger partial charge in [0.25, 0.3) is 5.91 Å². The quantitative estimate of drug-likeness (QED) is 0.491. The molecule has 5 nitrogen and oxygen atoms in total. The minimum Gasteiger partial charge on any atom is -0.419 e. The molecule has 5 heteroatoms. The predicted octanol–water partition coefficient (Wildman–Crippen LogP) is 6.26. The van der Waals surface area contributed by atoms with Crippen LogP contribution in [-0.4, -0.2) is 23.4 Å². The summed E-state index contributed by atoms with van der Waals surface area (Å²) >= 11 is 0. The second-order valence-corrected chi connectivity index (χ2v) is 7.91. The van der Waals surface area contributed by atoms with Gasteiger partial charge in [0.1, 0.15) is 0 Å². The number of ether oxygens (including phenoxy) is 1. The molecule has 1 aliphatic heterocycles. The molecule has 3 aromatic rings. The van der Waals surface area contributed by atoms with Crippen LogP contribution in [0.1, 0.15) is 29.2 Å². The number of aliphatic imine (C=N–C) groups is 1. The summed E-state index contributed by atoms with van der Waals surface area (Å²) in [6.07, 6.45) is 1.76. The first-order chi connectivity index (χ1) is 15.4. The minimum absolute atomic E-state index is 0.180. The normalized spacial score (nSPS) is 16.0. The Kier molecular flexibility index (Phi) is 6.08. The number of nitrogens with one attached hydrogen (secondary N) is 1. The van der Waals surface area contributed by atoms with Crippen LogP contribution in [0.3, 0.4) is 0 Å². The summed E-state index contributed by atoms with van der Waals surface area (Å²) in [6.45, 7) is 8.51. The molecule has 0 spiro atoms. The van der Waals surface area contributed by atoms with E-state index in [0.29, 0.717) is 12.6 Å². The fourth-order valence-electron chi connectivity index (χ4n) is 3.82. The number of hydrogen-bond acceptors (Lipinski definition) is 4. The van der Waals surface area contributed by atoms with E-state index in [4.69, 9.17) is 9.73 Å². The molecule has 0 aromatic heterocycles. The van der Waals surface area contributed by atoms with Gasteiger partial charge >= 0.3 is 6.02 Å². The van der Waals surface area contributed by atoms with Gasteiger partial charge in [0.15, 0.2) is 5.76 Å². The van der Waals surface area contributed by atoms with E-state index >= 15 is 0 Å². The topological polar surface area (TPSA) is 53.9 Å². The number of para-hydroxylation sites is 1. The van der Waals surface area contributed by atoms with E-state index in [-0.39, 0.29) is 11.7 Å². The average molecular weight is 426 g/mol. The van der Waals surface area contributed by atoms with Crippen LogP contribution in [0, 0.1) is 20.8 Å². The molecule has 0 atom stereocenters. The van der Waals surface area contributed by atoms with E-state index in [1.165, 1.54) is 5.56 Å². The number of amides is 1. The Morgan fingerprint density at radius 2 is 1.56 bits per heavy atom. The molecule has 3 aromatic carbocycles. The smallest absolute Gasteiger partial charge is 0.305 e. The summed E-state index contributed by atoms with van der Waals surface area (Å²) in [4.78, 5) is 19.2. The van der Waals surface area contributed by atoms with Gasteiger partial charge in [-0.1, -0.05) is 48.0 Å². The van der Waals surface area contributed by atoms with Crippen molar-refractivity contribution in [1.82, 2.24) is 4.90 Å². The van der Waals surface area contributed by atoms with Gasteiger partial charge in [0.2, 0.25) is 0 Å². The molecular formula is C27H27N3O2. The van der Waals surface area contributed by atoms with Crippen molar-refractivity contribution in [2.24, 2.45) is 4.99 Å². The number of likely N-dealkylation sites (N-methyl/N-ethyl adjacent to an activating group) is 1. The van der Waals surface area contributed by atoms with Crippen molar-refractivity contribution >= 4 is 35.1 Å². The Morgan fingerprint density at radius 3 is 2.19 bits per heavy atom. The van der Waals surface area contributed by atoms with Crippen LogP contribution >= 0.6 is 0 Å². The molecule has 1 N–H and O–H groups in total. The second-order valence-electron chi connectivity index (χ2n) is 7.91. The number of anilines is 2. The molecule has 0 unspecified atom stereocenters. The van der Waals surface area contributed by atoms with Gasteiger partial charge in [-0.25, -0.2) is 0 Å². The van der Waals surface area contributed by atoms with Gasteiger partial charge in [0.05, 0.1) is 5.69 Å². The fraction of sp³-hybridized carbons (Fsp3) is 0.185. The zero-order chi connectivity index (χ0) is 22.7. The molecule has 1 saturated heterocycles. The number of amidine groups is 1. The summed E-state index contributed by atoms with van der Waals surface area (Å²) in [6, 6.07) is 22.3. The van der Waals surface area contributed by atoms with Crippen molar-refractivity contribution in [2.45, 2.75) is 27.7 Å². The number of rotatable bonds is 5. The predicted molar refractivity (Wildman–Crippen MR) is 130 cm³/mol. The second kappa shape index (κ2) is 9.10. The molecule has 0 radical (unpaired) electrons. The van der Waals surface area contributed by atoms with Crippen molar-refractivity contribution in [1.29, 1.82) is 0 Å². The monoisotopic (exact) mass is 425 g/mol. The van der Waals surface area contributed by atoms with Crippen molar-refractivity contribution in [3.63, 3.8) is 0 Å². The highest BCUT2D eigenvalue weighted by molar-refractivity contribution is 6.11. The molecule has 1 heterocycles. The van der Waals surface area contributed by atoms with Crippen LogP contribution in [-0.2, 0) is 9.53 Å². The van der Waals surface area contributed by atoms with E-state index in [2.05, 4.69) is 24.4 Å². The summed E-state index contributed by atoms with van der Waals surface area (Å²) < 4.78 is 5.92. The summed E-state index contributed by atoms with van der Waals surface area (Å²) in [7, 11) is 0. The van der Waals surface area contributed by atoms with Crippen LogP contribution < -0.4 is 5.32 Å².